The number of para-hydroxylation sites is 1. The molecule has 0 amide bonds. The van der Waals surface area contributed by atoms with E-state index in [0.29, 0.717) is 32.0 Å². The Morgan fingerprint density at radius 2 is 1.82 bits per heavy atom. The number of ether oxygens (including phenoxy) is 2. The fraction of sp³-hybridized carbons (Fsp3) is 0.152. The van der Waals surface area contributed by atoms with Crippen molar-refractivity contribution >= 4 is 51.1 Å². The van der Waals surface area contributed by atoms with Gasteiger partial charge in [0.05, 0.1) is 46.2 Å². The summed E-state index contributed by atoms with van der Waals surface area (Å²) in [5.41, 5.74) is 4.58. The number of hydrogen-bond donors (Lipinski definition) is 0. The summed E-state index contributed by atoms with van der Waals surface area (Å²) >= 11 is 6.49. The molecule has 0 bridgehead atoms. The Hall–Kier alpha value is -4.19. The molecule has 0 saturated heterocycles. The van der Waals surface area contributed by atoms with Crippen molar-refractivity contribution in [3.8, 4) is 22.7 Å². The summed E-state index contributed by atoms with van der Waals surface area (Å²) in [5, 5.41) is 4.92. The highest BCUT2D eigenvalue weighted by Gasteiger charge is 2.33. The summed E-state index contributed by atoms with van der Waals surface area (Å²) < 4.78 is 15.2. The standard InChI is InChI=1S/C33H27BrN4O4S2/c1-19-28(32(40)42-3)30(20-10-13-24(43-4)14-11-20)38-31(39)27(44-33(38)35-19)17-22-18-37(23-8-6-5-7-9-23)36-29(22)21-12-15-26(41-2)25(34)16-21/h5-18,30H,1-4H3. The normalized spacial score (nSPS) is 14.8. The van der Waals surface area contributed by atoms with Crippen LogP contribution in [-0.2, 0) is 9.53 Å². The molecule has 1 atom stereocenters. The van der Waals surface area contributed by atoms with Gasteiger partial charge in [0.2, 0.25) is 0 Å². The maximum absolute atomic E-state index is 14.2. The topological polar surface area (TPSA) is 87.7 Å². The average molecular weight is 688 g/mol. The Morgan fingerprint density at radius 3 is 2.48 bits per heavy atom. The third kappa shape index (κ3) is 5.47. The van der Waals surface area contributed by atoms with E-state index in [-0.39, 0.29) is 5.56 Å². The lowest BCUT2D eigenvalue weighted by molar-refractivity contribution is -0.136. The number of benzene rings is 3. The Kier molecular flexibility index (Phi) is 8.44. The molecule has 0 fully saturated rings. The molecule has 11 heteroatoms. The number of esters is 1. The minimum Gasteiger partial charge on any atom is -0.496 e. The molecule has 3 heterocycles. The zero-order chi connectivity index (χ0) is 31.0. The van der Waals surface area contributed by atoms with Gasteiger partial charge >= 0.3 is 5.97 Å². The number of rotatable bonds is 7. The first-order valence-corrected chi connectivity index (χ1v) is 16.4. The Morgan fingerprint density at radius 1 is 1.07 bits per heavy atom. The quantitative estimate of drug-likeness (QED) is 0.160. The second kappa shape index (κ2) is 12.4. The van der Waals surface area contributed by atoms with Crippen molar-refractivity contribution in [1.82, 2.24) is 14.3 Å². The lowest BCUT2D eigenvalue weighted by atomic mass is 9.96. The molecular weight excluding hydrogens is 660 g/mol. The van der Waals surface area contributed by atoms with E-state index >= 15 is 0 Å². The molecule has 5 aromatic rings. The largest absolute Gasteiger partial charge is 0.496 e. The van der Waals surface area contributed by atoms with Crippen LogP contribution in [0.2, 0.25) is 0 Å². The highest BCUT2D eigenvalue weighted by atomic mass is 79.9. The number of aromatic nitrogens is 3. The average Bonchev–Trinajstić information content (AvgIpc) is 3.61. The number of thioether (sulfide) groups is 1. The van der Waals surface area contributed by atoms with Crippen molar-refractivity contribution in [3.63, 3.8) is 0 Å². The van der Waals surface area contributed by atoms with Crippen LogP contribution in [0.3, 0.4) is 0 Å². The fourth-order valence-corrected chi connectivity index (χ4v) is 7.17. The molecule has 8 nitrogen and oxygen atoms in total. The fourth-order valence-electron chi connectivity index (χ4n) is 5.18. The number of hydrogen-bond acceptors (Lipinski definition) is 8. The number of halogens is 1. The van der Waals surface area contributed by atoms with Crippen LogP contribution in [-0.4, -0.2) is 40.8 Å². The number of carbonyl (C=O) groups is 1. The predicted molar refractivity (Wildman–Crippen MR) is 177 cm³/mol. The first-order valence-electron chi connectivity index (χ1n) is 13.6. The zero-order valence-corrected chi connectivity index (χ0v) is 27.5. The molecule has 0 saturated carbocycles. The number of fused-ring (bicyclic) bond motifs is 1. The van der Waals surface area contributed by atoms with E-state index in [1.54, 1.807) is 35.0 Å². The monoisotopic (exact) mass is 686 g/mol. The minimum absolute atomic E-state index is 0.254. The third-order valence-electron chi connectivity index (χ3n) is 7.33. The van der Waals surface area contributed by atoms with Crippen molar-refractivity contribution in [1.29, 1.82) is 0 Å². The lowest BCUT2D eigenvalue weighted by Gasteiger charge is -2.24. The van der Waals surface area contributed by atoms with Gasteiger partial charge < -0.3 is 9.47 Å². The van der Waals surface area contributed by atoms with Crippen LogP contribution in [0, 0.1) is 0 Å². The Bertz CT molecular complexity index is 2100. The third-order valence-corrected chi connectivity index (χ3v) is 9.68. The molecular formula is C33H27BrN4O4S2. The molecule has 3 aromatic carbocycles. The lowest BCUT2D eigenvalue weighted by Crippen LogP contribution is -2.39. The molecule has 222 valence electrons. The summed E-state index contributed by atoms with van der Waals surface area (Å²) in [6.45, 7) is 1.77. The summed E-state index contributed by atoms with van der Waals surface area (Å²) in [4.78, 5) is 33.5. The van der Waals surface area contributed by atoms with E-state index in [1.165, 1.54) is 18.4 Å². The summed E-state index contributed by atoms with van der Waals surface area (Å²) in [6.07, 6.45) is 5.75. The van der Waals surface area contributed by atoms with Crippen molar-refractivity contribution in [2.24, 2.45) is 4.99 Å². The van der Waals surface area contributed by atoms with Crippen molar-refractivity contribution in [3.05, 3.63) is 126 Å². The predicted octanol–water partition coefficient (Wildman–Crippen LogP) is 5.75. The molecule has 1 aliphatic rings. The number of nitrogens with zero attached hydrogens (tertiary/aromatic N) is 4. The van der Waals surface area contributed by atoms with Crippen LogP contribution in [0.15, 0.2) is 109 Å². The van der Waals surface area contributed by atoms with Gasteiger partial charge in [-0.2, -0.15) is 5.10 Å². The van der Waals surface area contributed by atoms with E-state index in [2.05, 4.69) is 20.9 Å². The molecule has 0 N–H and O–H groups in total. The van der Waals surface area contributed by atoms with Gasteiger partial charge in [-0.15, -0.1) is 11.8 Å². The zero-order valence-electron chi connectivity index (χ0n) is 24.3. The van der Waals surface area contributed by atoms with Crippen molar-refractivity contribution in [2.45, 2.75) is 17.9 Å². The minimum atomic E-state index is -0.680. The van der Waals surface area contributed by atoms with Gasteiger partial charge in [0.1, 0.15) is 11.4 Å². The second-order valence-corrected chi connectivity index (χ2v) is 12.7. The van der Waals surface area contributed by atoms with Gasteiger partial charge in [-0.1, -0.05) is 41.7 Å². The maximum Gasteiger partial charge on any atom is 0.338 e. The molecule has 1 unspecified atom stereocenters. The van der Waals surface area contributed by atoms with Gasteiger partial charge in [-0.3, -0.25) is 9.36 Å². The van der Waals surface area contributed by atoms with Gasteiger partial charge in [0.25, 0.3) is 5.56 Å². The first-order chi connectivity index (χ1) is 21.3. The highest BCUT2D eigenvalue weighted by Crippen LogP contribution is 2.33. The van der Waals surface area contributed by atoms with Gasteiger partial charge in [-0.05, 0) is 83.2 Å². The Balaban J connectivity index is 1.56. The summed E-state index contributed by atoms with van der Waals surface area (Å²) in [7, 11) is 2.96. The van der Waals surface area contributed by atoms with Crippen LogP contribution in [0.25, 0.3) is 23.0 Å². The molecule has 0 aliphatic carbocycles. The van der Waals surface area contributed by atoms with Gasteiger partial charge in [-0.25, -0.2) is 14.5 Å². The van der Waals surface area contributed by atoms with E-state index in [1.807, 2.05) is 91.3 Å². The maximum atomic E-state index is 14.2. The molecule has 6 rings (SSSR count). The molecule has 0 spiro atoms. The van der Waals surface area contributed by atoms with Gasteiger partial charge in [0, 0.05) is 22.2 Å². The van der Waals surface area contributed by atoms with Gasteiger partial charge in [0.15, 0.2) is 4.80 Å². The SMILES string of the molecule is COC(=O)C1=C(C)N=c2sc(=Cc3cn(-c4ccccc4)nc3-c3ccc(OC)c(Br)c3)c(=O)n2C1c1ccc(SC)cc1. The first kappa shape index (κ1) is 29.9. The van der Waals surface area contributed by atoms with Crippen LogP contribution >= 0.6 is 39.0 Å². The number of allylic oxidation sites excluding steroid dienone is 1. The molecule has 0 radical (unpaired) electrons. The Labute approximate surface area is 270 Å². The van der Waals surface area contributed by atoms with Crippen LogP contribution in [0.5, 0.6) is 5.75 Å². The van der Waals surface area contributed by atoms with Crippen molar-refractivity contribution in [2.75, 3.05) is 20.5 Å². The highest BCUT2D eigenvalue weighted by molar-refractivity contribution is 9.10. The van der Waals surface area contributed by atoms with Crippen LogP contribution < -0.4 is 19.6 Å². The van der Waals surface area contributed by atoms with E-state index in [9.17, 15) is 9.59 Å². The molecule has 1 aliphatic heterocycles. The molecule has 2 aromatic heterocycles. The van der Waals surface area contributed by atoms with Crippen molar-refractivity contribution < 1.29 is 14.3 Å². The van der Waals surface area contributed by atoms with Crippen LogP contribution in [0.4, 0.5) is 0 Å². The smallest absolute Gasteiger partial charge is 0.338 e. The van der Waals surface area contributed by atoms with E-state index in [4.69, 9.17) is 14.6 Å². The molecule has 44 heavy (non-hydrogen) atoms. The van der Waals surface area contributed by atoms with E-state index in [0.717, 1.165) is 31.7 Å². The number of carbonyl (C=O) groups excluding carboxylic acids is 1. The van der Waals surface area contributed by atoms with Crippen LogP contribution in [0.1, 0.15) is 24.1 Å². The number of thiazole rings is 1. The summed E-state index contributed by atoms with van der Waals surface area (Å²) in [5.74, 6) is 0.185. The summed E-state index contributed by atoms with van der Waals surface area (Å²) in [6, 6.07) is 22.7. The number of methoxy groups -OCH3 is 2. The second-order valence-electron chi connectivity index (χ2n) is 9.91. The van der Waals surface area contributed by atoms with E-state index < -0.39 is 12.0 Å².